The Kier molecular flexibility index (Phi) is 3.26. The molecule has 0 saturated carbocycles. The normalized spacial score (nSPS) is 29.0. The van der Waals surface area contributed by atoms with E-state index in [2.05, 4.69) is 0 Å². The fraction of sp³-hybridized carbons (Fsp3) is 0.389. The number of fused-ring (bicyclic) bond motifs is 5. The summed E-state index contributed by atoms with van der Waals surface area (Å²) in [5, 5.41) is 30.4. The topological polar surface area (TPSA) is 104 Å². The first-order chi connectivity index (χ1) is 12.4. The highest BCUT2D eigenvalue weighted by Gasteiger charge is 2.63. The van der Waals surface area contributed by atoms with Gasteiger partial charge in [0, 0.05) is 6.04 Å². The number of nitrogens with two attached hydrogens (primary N) is 1. The van der Waals surface area contributed by atoms with Gasteiger partial charge in [-0.2, -0.15) is 18.4 Å². The molecule has 4 N–H and O–H groups in total. The van der Waals surface area contributed by atoms with E-state index in [1.165, 1.54) is 12.1 Å². The molecular formula is C18H16F3N3O3. The van der Waals surface area contributed by atoms with Gasteiger partial charge in [0.25, 0.3) is 0 Å². The van der Waals surface area contributed by atoms with Crippen LogP contribution in [0.5, 0.6) is 11.8 Å². The quantitative estimate of drug-likeness (QED) is 0.707. The molecule has 3 heterocycles. The molecule has 27 heavy (non-hydrogen) atoms. The molecule has 2 aliphatic heterocycles. The fourth-order valence-corrected chi connectivity index (χ4v) is 4.36. The Morgan fingerprint density at radius 1 is 1.26 bits per heavy atom. The van der Waals surface area contributed by atoms with Gasteiger partial charge in [0.2, 0.25) is 11.8 Å². The van der Waals surface area contributed by atoms with Crippen molar-refractivity contribution in [3.8, 4) is 23.5 Å². The number of nitrogens with zero attached hydrogens (tertiary/aromatic N) is 2. The molecule has 142 valence electrons. The van der Waals surface area contributed by atoms with Gasteiger partial charge in [-0.3, -0.25) is 4.57 Å². The number of rotatable bonds is 1. The number of benzene rings is 1. The summed E-state index contributed by atoms with van der Waals surface area (Å²) in [6.07, 6.45) is -4.36. The minimum atomic E-state index is -4.76. The van der Waals surface area contributed by atoms with Crippen molar-refractivity contribution in [2.45, 2.75) is 43.7 Å². The van der Waals surface area contributed by atoms with Crippen molar-refractivity contribution in [3.63, 3.8) is 0 Å². The SMILES string of the molecule is C[C@]12C[C@H](N)[C@](C)(O1)c1c2c(O)n(-c2ccc(C#N)c(C(F)(F)F)c2)c1O. The van der Waals surface area contributed by atoms with Gasteiger partial charge in [-0.1, -0.05) is 0 Å². The molecule has 3 atom stereocenters. The molecule has 0 amide bonds. The van der Waals surface area contributed by atoms with E-state index in [1.54, 1.807) is 13.8 Å². The molecule has 0 unspecified atom stereocenters. The van der Waals surface area contributed by atoms with Crippen molar-refractivity contribution in [1.82, 2.24) is 4.57 Å². The Morgan fingerprint density at radius 2 is 1.89 bits per heavy atom. The maximum atomic E-state index is 13.3. The molecule has 0 spiro atoms. The van der Waals surface area contributed by atoms with Crippen molar-refractivity contribution in [1.29, 1.82) is 5.26 Å². The molecule has 0 aliphatic carbocycles. The zero-order valence-corrected chi connectivity index (χ0v) is 14.4. The summed E-state index contributed by atoms with van der Waals surface area (Å²) in [5.74, 6) is -0.833. The molecule has 1 aromatic heterocycles. The summed E-state index contributed by atoms with van der Waals surface area (Å²) in [6.45, 7) is 3.39. The number of aromatic hydroxyl groups is 2. The predicted molar refractivity (Wildman–Crippen MR) is 87.2 cm³/mol. The molecule has 0 radical (unpaired) electrons. The van der Waals surface area contributed by atoms with Crippen molar-refractivity contribution in [2.24, 2.45) is 5.73 Å². The largest absolute Gasteiger partial charge is 0.494 e. The summed E-state index contributed by atoms with van der Waals surface area (Å²) in [4.78, 5) is 0. The molecule has 1 fully saturated rings. The van der Waals surface area contributed by atoms with Crippen molar-refractivity contribution < 1.29 is 28.1 Å². The third kappa shape index (κ3) is 2.08. The highest BCUT2D eigenvalue weighted by molar-refractivity contribution is 5.62. The smallest absolute Gasteiger partial charge is 0.417 e. The number of ether oxygens (including phenoxy) is 1. The second kappa shape index (κ2) is 4.97. The van der Waals surface area contributed by atoms with Crippen LogP contribution in [0.1, 0.15) is 42.5 Å². The van der Waals surface area contributed by atoms with Crippen LogP contribution in [0.15, 0.2) is 18.2 Å². The second-order valence-electron chi connectivity index (χ2n) is 7.32. The van der Waals surface area contributed by atoms with E-state index in [9.17, 15) is 23.4 Å². The first-order valence-corrected chi connectivity index (χ1v) is 8.19. The second-order valence-corrected chi connectivity index (χ2v) is 7.32. The minimum absolute atomic E-state index is 0.120. The number of aromatic nitrogens is 1. The monoisotopic (exact) mass is 379 g/mol. The number of halogens is 3. The van der Waals surface area contributed by atoms with Gasteiger partial charge in [-0.15, -0.1) is 0 Å². The lowest BCUT2D eigenvalue weighted by Gasteiger charge is -2.26. The molecule has 9 heteroatoms. The zero-order chi connectivity index (χ0) is 19.9. The van der Waals surface area contributed by atoms with Crippen LogP contribution < -0.4 is 5.73 Å². The summed E-state index contributed by atoms with van der Waals surface area (Å²) < 4.78 is 46.7. The number of hydrogen-bond acceptors (Lipinski definition) is 5. The molecule has 2 aliphatic rings. The lowest BCUT2D eigenvalue weighted by atomic mass is 9.77. The van der Waals surface area contributed by atoms with Gasteiger partial charge in [0.05, 0.1) is 39.6 Å². The van der Waals surface area contributed by atoms with Gasteiger partial charge >= 0.3 is 6.18 Å². The third-order valence-electron chi connectivity index (χ3n) is 5.59. The highest BCUT2D eigenvalue weighted by Crippen LogP contribution is 2.63. The molecule has 4 rings (SSSR count). The Balaban J connectivity index is 1.98. The van der Waals surface area contributed by atoms with E-state index >= 15 is 0 Å². The van der Waals surface area contributed by atoms with Crippen LogP contribution in [0.3, 0.4) is 0 Å². The van der Waals surface area contributed by atoms with Crippen molar-refractivity contribution in [3.05, 3.63) is 40.5 Å². The van der Waals surface area contributed by atoms with Crippen LogP contribution in [-0.4, -0.2) is 20.8 Å². The molecule has 1 aromatic carbocycles. The highest BCUT2D eigenvalue weighted by atomic mass is 19.4. The van der Waals surface area contributed by atoms with Gasteiger partial charge in [0.15, 0.2) is 0 Å². The lowest BCUT2D eigenvalue weighted by molar-refractivity contribution is -0.137. The van der Waals surface area contributed by atoms with E-state index in [4.69, 9.17) is 15.7 Å². The fourth-order valence-electron chi connectivity index (χ4n) is 4.36. The maximum absolute atomic E-state index is 13.3. The van der Waals surface area contributed by atoms with E-state index < -0.39 is 46.3 Å². The maximum Gasteiger partial charge on any atom is 0.417 e. The van der Waals surface area contributed by atoms with Gasteiger partial charge in [-0.25, -0.2) is 0 Å². The standard InChI is InChI=1S/C18H16F3N3O3/c1-16-6-11(23)17(2,27-16)13-12(16)14(25)24(15(13)26)9-4-3-8(7-22)10(5-9)18(19,20)21/h3-5,11,25-26H,6,23H2,1-2H3/t11-,16+,17-/m0/s1. The number of hydrogen-bond donors (Lipinski definition) is 3. The van der Waals surface area contributed by atoms with Crippen LogP contribution >= 0.6 is 0 Å². The van der Waals surface area contributed by atoms with E-state index in [0.717, 1.165) is 16.7 Å². The Bertz CT molecular complexity index is 1020. The summed E-state index contributed by atoms with van der Waals surface area (Å²) in [5.41, 5.74) is 2.90. The van der Waals surface area contributed by atoms with Gasteiger partial charge < -0.3 is 20.7 Å². The van der Waals surface area contributed by atoms with Crippen LogP contribution in [-0.2, 0) is 22.1 Å². The first kappa shape index (κ1) is 17.7. The van der Waals surface area contributed by atoms with Crippen molar-refractivity contribution in [2.75, 3.05) is 0 Å². The van der Waals surface area contributed by atoms with Crippen LogP contribution in [0.2, 0.25) is 0 Å². The predicted octanol–water partition coefficient (Wildman–Crippen LogP) is 2.97. The van der Waals surface area contributed by atoms with E-state index in [1.807, 2.05) is 0 Å². The van der Waals surface area contributed by atoms with Crippen molar-refractivity contribution >= 4 is 0 Å². The number of nitriles is 1. The molecule has 2 bridgehead atoms. The Labute approximate surface area is 152 Å². The lowest BCUT2D eigenvalue weighted by Crippen LogP contribution is -2.40. The third-order valence-corrected chi connectivity index (χ3v) is 5.59. The number of alkyl halides is 3. The average Bonchev–Trinajstić information content (AvgIpc) is 3.07. The first-order valence-electron chi connectivity index (χ1n) is 8.19. The Hall–Kier alpha value is -2.70. The van der Waals surface area contributed by atoms with Crippen LogP contribution in [0.25, 0.3) is 5.69 Å². The Morgan fingerprint density at radius 3 is 2.48 bits per heavy atom. The summed E-state index contributed by atoms with van der Waals surface area (Å²) in [6, 6.07) is 4.02. The molecule has 1 saturated heterocycles. The minimum Gasteiger partial charge on any atom is -0.494 e. The molecular weight excluding hydrogens is 363 g/mol. The summed E-state index contributed by atoms with van der Waals surface area (Å²) in [7, 11) is 0. The molecule has 2 aromatic rings. The van der Waals surface area contributed by atoms with E-state index in [0.29, 0.717) is 12.0 Å². The summed E-state index contributed by atoms with van der Waals surface area (Å²) >= 11 is 0. The average molecular weight is 379 g/mol. The van der Waals surface area contributed by atoms with Gasteiger partial charge in [-0.05, 0) is 38.5 Å². The zero-order valence-electron chi connectivity index (χ0n) is 14.4. The van der Waals surface area contributed by atoms with Crippen LogP contribution in [0, 0.1) is 11.3 Å². The molecule has 6 nitrogen and oxygen atoms in total. The van der Waals surface area contributed by atoms with Crippen LogP contribution in [0.4, 0.5) is 13.2 Å². The van der Waals surface area contributed by atoms with E-state index in [-0.39, 0.29) is 11.3 Å². The van der Waals surface area contributed by atoms with Gasteiger partial charge in [0.1, 0.15) is 5.60 Å².